The summed E-state index contributed by atoms with van der Waals surface area (Å²) < 4.78 is 5.57. The van der Waals surface area contributed by atoms with Gasteiger partial charge >= 0.3 is 0 Å². The van der Waals surface area contributed by atoms with Gasteiger partial charge in [-0.05, 0) is 25.7 Å². The number of hydrogen-bond acceptors (Lipinski definition) is 3. The average Bonchev–Trinajstić information content (AvgIpc) is 3.14. The zero-order valence-corrected chi connectivity index (χ0v) is 10.7. The van der Waals surface area contributed by atoms with Crippen molar-refractivity contribution in [2.75, 3.05) is 26.3 Å². The molecule has 2 fully saturated rings. The summed E-state index contributed by atoms with van der Waals surface area (Å²) in [4.78, 5) is 2.67. The molecule has 0 amide bonds. The fourth-order valence-electron chi connectivity index (χ4n) is 2.59. The molecule has 1 aliphatic heterocycles. The SMILES string of the molecule is CCC(CNC1CC1)N1CCOCC1CC. The molecule has 2 unspecified atom stereocenters. The van der Waals surface area contributed by atoms with Crippen LogP contribution in [-0.2, 0) is 4.74 Å². The van der Waals surface area contributed by atoms with Crippen LogP contribution in [0.15, 0.2) is 0 Å². The quantitative estimate of drug-likeness (QED) is 0.745. The first-order chi connectivity index (χ1) is 7.85. The van der Waals surface area contributed by atoms with Crippen LogP contribution < -0.4 is 5.32 Å². The minimum absolute atomic E-state index is 0.639. The third kappa shape index (κ3) is 3.19. The van der Waals surface area contributed by atoms with Gasteiger partial charge in [0.15, 0.2) is 0 Å². The highest BCUT2D eigenvalue weighted by Gasteiger charge is 2.29. The van der Waals surface area contributed by atoms with E-state index in [0.717, 1.165) is 32.3 Å². The Morgan fingerprint density at radius 1 is 1.38 bits per heavy atom. The molecule has 3 heteroatoms. The molecule has 1 N–H and O–H groups in total. The molecule has 1 aliphatic carbocycles. The van der Waals surface area contributed by atoms with E-state index < -0.39 is 0 Å². The lowest BCUT2D eigenvalue weighted by Crippen LogP contribution is -2.53. The van der Waals surface area contributed by atoms with Crippen LogP contribution in [0, 0.1) is 0 Å². The Kier molecular flexibility index (Phi) is 4.62. The smallest absolute Gasteiger partial charge is 0.0622 e. The van der Waals surface area contributed by atoms with Crippen molar-refractivity contribution in [2.24, 2.45) is 0 Å². The third-order valence-electron chi connectivity index (χ3n) is 3.90. The molecular formula is C13H26N2O. The molecule has 2 rings (SSSR count). The number of rotatable bonds is 6. The molecule has 2 atom stereocenters. The van der Waals surface area contributed by atoms with Crippen LogP contribution in [0.4, 0.5) is 0 Å². The summed E-state index contributed by atoms with van der Waals surface area (Å²) in [7, 11) is 0. The molecule has 3 nitrogen and oxygen atoms in total. The Hall–Kier alpha value is -0.120. The summed E-state index contributed by atoms with van der Waals surface area (Å²) in [5.41, 5.74) is 0. The maximum absolute atomic E-state index is 5.57. The van der Waals surface area contributed by atoms with E-state index in [1.54, 1.807) is 0 Å². The molecular weight excluding hydrogens is 200 g/mol. The summed E-state index contributed by atoms with van der Waals surface area (Å²) in [6.45, 7) is 8.70. The lowest BCUT2D eigenvalue weighted by Gasteiger charge is -2.40. The van der Waals surface area contributed by atoms with Gasteiger partial charge in [0.1, 0.15) is 0 Å². The Labute approximate surface area is 99.5 Å². The predicted molar refractivity (Wildman–Crippen MR) is 66.7 cm³/mol. The van der Waals surface area contributed by atoms with E-state index in [9.17, 15) is 0 Å². The molecule has 1 saturated carbocycles. The molecule has 1 heterocycles. The lowest BCUT2D eigenvalue weighted by molar-refractivity contribution is -0.0305. The summed E-state index contributed by atoms with van der Waals surface area (Å²) in [5, 5.41) is 3.67. The minimum Gasteiger partial charge on any atom is -0.378 e. The molecule has 0 aromatic rings. The molecule has 1 saturated heterocycles. The topological polar surface area (TPSA) is 24.5 Å². The second-order valence-corrected chi connectivity index (χ2v) is 5.12. The first-order valence-electron chi connectivity index (χ1n) is 6.92. The van der Waals surface area contributed by atoms with E-state index in [-0.39, 0.29) is 0 Å². The van der Waals surface area contributed by atoms with Gasteiger partial charge in [0.25, 0.3) is 0 Å². The first kappa shape index (κ1) is 12.3. The van der Waals surface area contributed by atoms with Gasteiger partial charge in [-0.3, -0.25) is 4.90 Å². The Balaban J connectivity index is 1.83. The minimum atomic E-state index is 0.639. The van der Waals surface area contributed by atoms with Gasteiger partial charge < -0.3 is 10.1 Å². The Morgan fingerprint density at radius 3 is 2.81 bits per heavy atom. The maximum atomic E-state index is 5.57. The van der Waals surface area contributed by atoms with Gasteiger partial charge in [0.05, 0.1) is 13.2 Å². The summed E-state index contributed by atoms with van der Waals surface area (Å²) in [5.74, 6) is 0. The van der Waals surface area contributed by atoms with E-state index in [4.69, 9.17) is 4.74 Å². The molecule has 0 spiro atoms. The molecule has 0 radical (unpaired) electrons. The van der Waals surface area contributed by atoms with E-state index >= 15 is 0 Å². The molecule has 0 bridgehead atoms. The molecule has 16 heavy (non-hydrogen) atoms. The van der Waals surface area contributed by atoms with Crippen molar-refractivity contribution in [3.05, 3.63) is 0 Å². The van der Waals surface area contributed by atoms with Gasteiger partial charge in [-0.2, -0.15) is 0 Å². The standard InChI is InChI=1S/C13H26N2O/c1-3-12(9-14-11-5-6-11)15-7-8-16-10-13(15)4-2/h11-14H,3-10H2,1-2H3. The lowest BCUT2D eigenvalue weighted by atomic mass is 10.1. The van der Waals surface area contributed by atoms with Crippen molar-refractivity contribution >= 4 is 0 Å². The van der Waals surface area contributed by atoms with Gasteiger partial charge in [0.2, 0.25) is 0 Å². The fourth-order valence-corrected chi connectivity index (χ4v) is 2.59. The number of nitrogens with zero attached hydrogens (tertiary/aromatic N) is 1. The predicted octanol–water partition coefficient (Wildman–Crippen LogP) is 1.63. The van der Waals surface area contributed by atoms with Gasteiger partial charge in [-0.15, -0.1) is 0 Å². The normalized spacial score (nSPS) is 29.2. The largest absolute Gasteiger partial charge is 0.378 e. The van der Waals surface area contributed by atoms with Crippen LogP contribution in [0.3, 0.4) is 0 Å². The summed E-state index contributed by atoms with van der Waals surface area (Å²) >= 11 is 0. The first-order valence-corrected chi connectivity index (χ1v) is 6.92. The Bertz CT molecular complexity index is 206. The number of morpholine rings is 1. The van der Waals surface area contributed by atoms with Crippen LogP contribution in [0.25, 0.3) is 0 Å². The van der Waals surface area contributed by atoms with E-state index in [0.29, 0.717) is 12.1 Å². The monoisotopic (exact) mass is 226 g/mol. The number of ether oxygens (including phenoxy) is 1. The van der Waals surface area contributed by atoms with Gasteiger partial charge in [-0.25, -0.2) is 0 Å². The van der Waals surface area contributed by atoms with Crippen LogP contribution in [0.1, 0.15) is 39.5 Å². The van der Waals surface area contributed by atoms with Crippen molar-refractivity contribution in [3.63, 3.8) is 0 Å². The van der Waals surface area contributed by atoms with Gasteiger partial charge in [-0.1, -0.05) is 13.8 Å². The van der Waals surface area contributed by atoms with Crippen molar-refractivity contribution in [1.29, 1.82) is 0 Å². The van der Waals surface area contributed by atoms with Crippen molar-refractivity contribution in [1.82, 2.24) is 10.2 Å². The molecule has 0 aromatic carbocycles. The fraction of sp³-hybridized carbons (Fsp3) is 1.00. The highest BCUT2D eigenvalue weighted by atomic mass is 16.5. The summed E-state index contributed by atoms with van der Waals surface area (Å²) in [6, 6.07) is 2.17. The van der Waals surface area contributed by atoms with Crippen LogP contribution in [0.5, 0.6) is 0 Å². The van der Waals surface area contributed by atoms with Crippen LogP contribution in [-0.4, -0.2) is 49.3 Å². The number of hydrogen-bond donors (Lipinski definition) is 1. The zero-order valence-electron chi connectivity index (χ0n) is 10.7. The van der Waals surface area contributed by atoms with E-state index in [1.165, 1.54) is 25.7 Å². The average molecular weight is 226 g/mol. The van der Waals surface area contributed by atoms with Crippen molar-refractivity contribution < 1.29 is 4.74 Å². The van der Waals surface area contributed by atoms with Crippen LogP contribution in [0.2, 0.25) is 0 Å². The second-order valence-electron chi connectivity index (χ2n) is 5.12. The van der Waals surface area contributed by atoms with Crippen molar-refractivity contribution in [3.8, 4) is 0 Å². The highest BCUT2D eigenvalue weighted by Crippen LogP contribution is 2.20. The van der Waals surface area contributed by atoms with Crippen LogP contribution >= 0.6 is 0 Å². The molecule has 94 valence electrons. The summed E-state index contributed by atoms with van der Waals surface area (Å²) in [6.07, 6.45) is 5.23. The van der Waals surface area contributed by atoms with Crippen molar-refractivity contribution in [2.45, 2.75) is 57.7 Å². The second kappa shape index (κ2) is 5.99. The van der Waals surface area contributed by atoms with Gasteiger partial charge in [0, 0.05) is 31.2 Å². The Morgan fingerprint density at radius 2 is 2.19 bits per heavy atom. The number of nitrogens with one attached hydrogen (secondary N) is 1. The maximum Gasteiger partial charge on any atom is 0.0622 e. The molecule has 0 aromatic heterocycles. The van der Waals surface area contributed by atoms with E-state index in [1.807, 2.05) is 0 Å². The zero-order chi connectivity index (χ0) is 11.4. The third-order valence-corrected chi connectivity index (χ3v) is 3.90. The highest BCUT2D eigenvalue weighted by molar-refractivity contribution is 4.86. The molecule has 2 aliphatic rings. The van der Waals surface area contributed by atoms with E-state index in [2.05, 4.69) is 24.1 Å².